The number of hydrogen-bond acceptors (Lipinski definition) is 6. The zero-order valence-corrected chi connectivity index (χ0v) is 17.4. The number of nitrogens with two attached hydrogens (primary N) is 1. The van der Waals surface area contributed by atoms with Crippen molar-refractivity contribution in [3.05, 3.63) is 45.9 Å². The van der Waals surface area contributed by atoms with Crippen LogP contribution in [0.25, 0.3) is 0 Å². The van der Waals surface area contributed by atoms with E-state index in [0.717, 1.165) is 6.07 Å². The molecule has 2 heterocycles. The van der Waals surface area contributed by atoms with Gasteiger partial charge in [0, 0.05) is 37.1 Å². The van der Waals surface area contributed by atoms with Crippen LogP contribution in [0.1, 0.15) is 18.4 Å². The number of nitrogens with zero attached hydrogens (tertiary/aromatic N) is 1. The van der Waals surface area contributed by atoms with Crippen molar-refractivity contribution in [2.45, 2.75) is 24.9 Å². The number of carbonyl (C=O) groups excluding carboxylic acids is 3. The molecule has 5 N–H and O–H groups in total. The Bertz CT molecular complexity index is 932. The molecule has 1 atom stereocenters. The minimum atomic E-state index is -0.927. The molecule has 2 aliphatic heterocycles. The van der Waals surface area contributed by atoms with Crippen molar-refractivity contribution >= 4 is 35.5 Å². The number of piperazine rings is 1. The Kier molecular flexibility index (Phi) is 7.24. The molecule has 0 saturated carbocycles. The minimum absolute atomic E-state index is 0.0415. The largest absolute Gasteiger partial charge is 0.381 e. The molecular weight excluding hydrogens is 429 g/mol. The first kappa shape index (κ1) is 22.7. The fraction of sp³-hybridized carbons (Fsp3) is 0.400. The normalized spacial score (nSPS) is 21.1. The van der Waals surface area contributed by atoms with E-state index < -0.39 is 17.8 Å². The molecule has 3 rings (SSSR count). The van der Waals surface area contributed by atoms with Crippen LogP contribution in [0.4, 0.5) is 4.39 Å². The van der Waals surface area contributed by atoms with Crippen LogP contribution < -0.4 is 16.4 Å². The first-order valence-electron chi connectivity index (χ1n) is 9.71. The van der Waals surface area contributed by atoms with Crippen molar-refractivity contribution in [3.63, 3.8) is 0 Å². The Labute approximate surface area is 183 Å². The van der Waals surface area contributed by atoms with Crippen LogP contribution in [-0.4, -0.2) is 67.2 Å². The van der Waals surface area contributed by atoms with Gasteiger partial charge in [0.05, 0.1) is 22.9 Å². The van der Waals surface area contributed by atoms with Gasteiger partial charge in [0.1, 0.15) is 11.9 Å². The van der Waals surface area contributed by atoms with E-state index in [-0.39, 0.29) is 52.6 Å². The standard InChI is InChI=1S/C20H23ClFN5O4/c21-13-7-11(1-2-14(13)22)18(23)17(19(24)29)15-8-27(10-28)9-16(26-15)20(30)25-12-3-5-31-6-4-12/h1-2,7,10,12,16,23,26H,3-6,8-9H2,(H2,24,29)(H,25,30)/b17-15+,23-18?. The summed E-state index contributed by atoms with van der Waals surface area (Å²) in [6, 6.07) is 2.69. The number of rotatable bonds is 6. The van der Waals surface area contributed by atoms with Crippen LogP contribution in [-0.2, 0) is 19.1 Å². The fourth-order valence-electron chi connectivity index (χ4n) is 3.55. The number of primary amides is 1. The van der Waals surface area contributed by atoms with Gasteiger partial charge in [-0.15, -0.1) is 0 Å². The van der Waals surface area contributed by atoms with E-state index in [4.69, 9.17) is 27.5 Å². The summed E-state index contributed by atoms with van der Waals surface area (Å²) < 4.78 is 18.8. The fourth-order valence-corrected chi connectivity index (χ4v) is 3.73. The van der Waals surface area contributed by atoms with Gasteiger partial charge in [-0.1, -0.05) is 11.6 Å². The number of carbonyl (C=O) groups is 3. The number of halogens is 2. The van der Waals surface area contributed by atoms with Crippen LogP contribution in [0.15, 0.2) is 29.5 Å². The minimum Gasteiger partial charge on any atom is -0.381 e. The topological polar surface area (TPSA) is 138 Å². The molecule has 2 fully saturated rings. The van der Waals surface area contributed by atoms with Crippen molar-refractivity contribution in [3.8, 4) is 0 Å². The molecule has 31 heavy (non-hydrogen) atoms. The zero-order valence-electron chi connectivity index (χ0n) is 16.6. The number of amides is 3. The highest BCUT2D eigenvalue weighted by Crippen LogP contribution is 2.21. The predicted molar refractivity (Wildman–Crippen MR) is 111 cm³/mol. The summed E-state index contributed by atoms with van der Waals surface area (Å²) in [5.74, 6) is -1.93. The molecule has 0 spiro atoms. The molecule has 1 unspecified atom stereocenters. The monoisotopic (exact) mass is 451 g/mol. The first-order valence-corrected chi connectivity index (χ1v) is 10.1. The molecule has 11 heteroatoms. The van der Waals surface area contributed by atoms with Crippen LogP contribution >= 0.6 is 11.6 Å². The van der Waals surface area contributed by atoms with Crippen LogP contribution in [0.3, 0.4) is 0 Å². The Balaban J connectivity index is 1.88. The van der Waals surface area contributed by atoms with Gasteiger partial charge in [-0.3, -0.25) is 19.8 Å². The molecule has 1 aromatic rings. The maximum Gasteiger partial charge on any atom is 0.252 e. The van der Waals surface area contributed by atoms with Crippen LogP contribution in [0.2, 0.25) is 5.02 Å². The van der Waals surface area contributed by atoms with E-state index in [9.17, 15) is 18.8 Å². The van der Waals surface area contributed by atoms with Gasteiger partial charge in [0.15, 0.2) is 0 Å². The van der Waals surface area contributed by atoms with Crippen LogP contribution in [0.5, 0.6) is 0 Å². The van der Waals surface area contributed by atoms with Crippen molar-refractivity contribution in [1.82, 2.24) is 15.5 Å². The first-order chi connectivity index (χ1) is 14.8. The lowest BCUT2D eigenvalue weighted by Crippen LogP contribution is -2.58. The van der Waals surface area contributed by atoms with Gasteiger partial charge in [-0.05, 0) is 31.0 Å². The van der Waals surface area contributed by atoms with E-state index in [1.807, 2.05) is 0 Å². The number of hydrogen-bond donors (Lipinski definition) is 4. The summed E-state index contributed by atoms with van der Waals surface area (Å²) in [6.07, 6.45) is 1.93. The molecule has 166 valence electrons. The third-order valence-electron chi connectivity index (χ3n) is 5.17. The summed E-state index contributed by atoms with van der Waals surface area (Å²) >= 11 is 5.79. The average Bonchev–Trinajstić information content (AvgIpc) is 2.75. The molecule has 2 aliphatic rings. The summed E-state index contributed by atoms with van der Waals surface area (Å²) in [5.41, 5.74) is 5.34. The third-order valence-corrected chi connectivity index (χ3v) is 5.46. The summed E-state index contributed by atoms with van der Waals surface area (Å²) in [5, 5.41) is 14.1. The highest BCUT2D eigenvalue weighted by Gasteiger charge is 2.32. The highest BCUT2D eigenvalue weighted by molar-refractivity contribution is 6.32. The summed E-state index contributed by atoms with van der Waals surface area (Å²) in [7, 11) is 0. The van der Waals surface area contributed by atoms with Crippen molar-refractivity contribution in [1.29, 1.82) is 5.41 Å². The van der Waals surface area contributed by atoms with E-state index in [2.05, 4.69) is 10.6 Å². The smallest absolute Gasteiger partial charge is 0.252 e. The van der Waals surface area contributed by atoms with Gasteiger partial charge in [0.2, 0.25) is 12.3 Å². The maximum absolute atomic E-state index is 13.5. The Morgan fingerprint density at radius 3 is 2.68 bits per heavy atom. The van der Waals surface area contributed by atoms with E-state index >= 15 is 0 Å². The van der Waals surface area contributed by atoms with Gasteiger partial charge in [-0.2, -0.15) is 0 Å². The molecule has 3 amide bonds. The Morgan fingerprint density at radius 2 is 2.06 bits per heavy atom. The summed E-state index contributed by atoms with van der Waals surface area (Å²) in [6.45, 7) is 1.15. The van der Waals surface area contributed by atoms with E-state index in [1.165, 1.54) is 17.0 Å². The van der Waals surface area contributed by atoms with Crippen LogP contribution in [0, 0.1) is 11.2 Å². The van der Waals surface area contributed by atoms with Gasteiger partial charge in [0.25, 0.3) is 5.91 Å². The lowest BCUT2D eigenvalue weighted by Gasteiger charge is -2.35. The molecule has 1 aromatic carbocycles. The molecule has 2 saturated heterocycles. The average molecular weight is 452 g/mol. The number of ether oxygens (including phenoxy) is 1. The lowest BCUT2D eigenvalue weighted by molar-refractivity contribution is -0.127. The Hall–Kier alpha value is -2.98. The molecule has 0 aromatic heterocycles. The van der Waals surface area contributed by atoms with Gasteiger partial charge < -0.3 is 26.0 Å². The molecule has 9 nitrogen and oxygen atoms in total. The second-order valence-electron chi connectivity index (χ2n) is 7.35. The summed E-state index contributed by atoms with van der Waals surface area (Å²) in [4.78, 5) is 37.8. The number of benzene rings is 1. The van der Waals surface area contributed by atoms with Crippen molar-refractivity contribution in [2.75, 3.05) is 26.3 Å². The lowest BCUT2D eigenvalue weighted by atomic mass is 9.98. The second-order valence-corrected chi connectivity index (χ2v) is 7.76. The molecule has 0 radical (unpaired) electrons. The zero-order chi connectivity index (χ0) is 22.5. The molecular formula is C20H23ClFN5O4. The highest BCUT2D eigenvalue weighted by atomic mass is 35.5. The SMILES string of the molecule is N=C(/C(C(N)=O)=C1/CN(C=O)CC(C(=O)NC2CCOCC2)N1)c1ccc(F)c(Cl)c1. The van der Waals surface area contributed by atoms with E-state index in [0.29, 0.717) is 32.5 Å². The molecule has 0 bridgehead atoms. The third kappa shape index (κ3) is 5.39. The maximum atomic E-state index is 13.5. The quantitative estimate of drug-likeness (QED) is 0.280. The predicted octanol–water partition coefficient (Wildman–Crippen LogP) is 0.312. The van der Waals surface area contributed by atoms with Crippen molar-refractivity contribution in [2.24, 2.45) is 5.73 Å². The van der Waals surface area contributed by atoms with Gasteiger partial charge in [-0.25, -0.2) is 4.39 Å². The Morgan fingerprint density at radius 1 is 1.35 bits per heavy atom. The van der Waals surface area contributed by atoms with Gasteiger partial charge >= 0.3 is 0 Å². The molecule has 0 aliphatic carbocycles. The number of nitrogens with one attached hydrogen (secondary N) is 3. The van der Waals surface area contributed by atoms with Crippen molar-refractivity contribution < 1.29 is 23.5 Å². The van der Waals surface area contributed by atoms with E-state index in [1.54, 1.807) is 0 Å². The second kappa shape index (κ2) is 9.88.